The van der Waals surface area contributed by atoms with Crippen LogP contribution in [0.15, 0.2) is 12.4 Å². The van der Waals surface area contributed by atoms with Gasteiger partial charge in [0.05, 0.1) is 18.1 Å². The van der Waals surface area contributed by atoms with Gasteiger partial charge in [0.15, 0.2) is 5.82 Å². The second-order valence-corrected chi connectivity index (χ2v) is 3.85. The molecule has 2 aromatic heterocycles. The molecule has 4 nitrogen and oxygen atoms in total. The summed E-state index contributed by atoms with van der Waals surface area (Å²) in [6.45, 7) is 6.80. The van der Waals surface area contributed by atoms with Crippen molar-refractivity contribution in [2.24, 2.45) is 0 Å². The third kappa shape index (κ3) is 1.62. The Morgan fingerprint density at radius 3 is 2.75 bits per heavy atom. The van der Waals surface area contributed by atoms with Crippen molar-refractivity contribution >= 4 is 0 Å². The normalized spacial score (nSPS) is 13.0. The molecule has 2 aromatic rings. The molecule has 0 saturated heterocycles. The van der Waals surface area contributed by atoms with Crippen LogP contribution in [-0.4, -0.2) is 20.0 Å². The predicted molar refractivity (Wildman–Crippen MR) is 58.7 cm³/mol. The summed E-state index contributed by atoms with van der Waals surface area (Å²) in [7, 11) is 0. The maximum Gasteiger partial charge on any atom is 0.164 e. The first-order valence-corrected chi connectivity index (χ1v) is 5.36. The van der Waals surface area contributed by atoms with Crippen LogP contribution < -0.4 is 0 Å². The molecule has 0 aromatic carbocycles. The molecule has 1 unspecified atom stereocenters. The summed E-state index contributed by atoms with van der Waals surface area (Å²) in [5.41, 5.74) is 2.62. The van der Waals surface area contributed by atoms with E-state index >= 15 is 0 Å². The summed E-state index contributed by atoms with van der Waals surface area (Å²) < 4.78 is 15.3. The standard InChI is InChI=1S/C11H15FN4/c1-4-16-8(3)9(5-14-16)7(2)11-10(12)6-13-15-11/h5-7H,4H2,1-3H3,(H,13,15). The molecule has 1 atom stereocenters. The number of hydrogen-bond donors (Lipinski definition) is 1. The number of halogens is 1. The smallest absolute Gasteiger partial charge is 0.164 e. The molecule has 0 radical (unpaired) electrons. The summed E-state index contributed by atoms with van der Waals surface area (Å²) in [5.74, 6) is -0.348. The zero-order valence-corrected chi connectivity index (χ0v) is 9.66. The van der Waals surface area contributed by atoms with Gasteiger partial charge in [0.2, 0.25) is 0 Å². The largest absolute Gasteiger partial charge is 0.279 e. The average Bonchev–Trinajstić information content (AvgIpc) is 2.84. The monoisotopic (exact) mass is 222 g/mol. The van der Waals surface area contributed by atoms with Gasteiger partial charge < -0.3 is 0 Å². The summed E-state index contributed by atoms with van der Waals surface area (Å²) in [6, 6.07) is 0. The van der Waals surface area contributed by atoms with Crippen LogP contribution in [0.2, 0.25) is 0 Å². The molecule has 0 aliphatic heterocycles. The van der Waals surface area contributed by atoms with Crippen LogP contribution in [0.1, 0.15) is 36.7 Å². The van der Waals surface area contributed by atoms with E-state index in [0.29, 0.717) is 5.69 Å². The molecule has 5 heteroatoms. The Morgan fingerprint density at radius 2 is 2.25 bits per heavy atom. The number of rotatable bonds is 3. The lowest BCUT2D eigenvalue weighted by molar-refractivity contribution is 0.600. The Morgan fingerprint density at radius 1 is 1.50 bits per heavy atom. The fraction of sp³-hybridized carbons (Fsp3) is 0.455. The number of nitrogens with one attached hydrogen (secondary N) is 1. The van der Waals surface area contributed by atoms with E-state index in [0.717, 1.165) is 17.8 Å². The van der Waals surface area contributed by atoms with Crippen LogP contribution in [0.25, 0.3) is 0 Å². The highest BCUT2D eigenvalue weighted by molar-refractivity contribution is 5.29. The van der Waals surface area contributed by atoms with Crippen LogP contribution in [0.3, 0.4) is 0 Å². The topological polar surface area (TPSA) is 46.5 Å². The van der Waals surface area contributed by atoms with Gasteiger partial charge in [-0.2, -0.15) is 10.2 Å². The fourth-order valence-electron chi connectivity index (χ4n) is 1.95. The van der Waals surface area contributed by atoms with E-state index in [4.69, 9.17) is 0 Å². The molecule has 2 heterocycles. The predicted octanol–water partition coefficient (Wildman–Crippen LogP) is 2.23. The molecule has 86 valence electrons. The molecule has 0 aliphatic rings. The number of aromatic amines is 1. The van der Waals surface area contributed by atoms with Crippen molar-refractivity contribution in [2.75, 3.05) is 0 Å². The highest BCUT2D eigenvalue weighted by Gasteiger charge is 2.19. The van der Waals surface area contributed by atoms with Gasteiger partial charge in [-0.25, -0.2) is 4.39 Å². The van der Waals surface area contributed by atoms with Gasteiger partial charge in [0.25, 0.3) is 0 Å². The van der Waals surface area contributed by atoms with Crippen molar-refractivity contribution in [3.8, 4) is 0 Å². The van der Waals surface area contributed by atoms with Crippen LogP contribution in [0, 0.1) is 12.7 Å². The highest BCUT2D eigenvalue weighted by atomic mass is 19.1. The van der Waals surface area contributed by atoms with Crippen molar-refractivity contribution in [1.82, 2.24) is 20.0 Å². The van der Waals surface area contributed by atoms with Crippen molar-refractivity contribution in [2.45, 2.75) is 33.2 Å². The number of aromatic nitrogens is 4. The molecule has 1 N–H and O–H groups in total. The van der Waals surface area contributed by atoms with Crippen LogP contribution in [-0.2, 0) is 6.54 Å². The number of hydrogen-bond acceptors (Lipinski definition) is 2. The Kier molecular flexibility index (Phi) is 2.77. The summed E-state index contributed by atoms with van der Waals surface area (Å²) >= 11 is 0. The van der Waals surface area contributed by atoms with Gasteiger partial charge in [-0.1, -0.05) is 6.92 Å². The highest BCUT2D eigenvalue weighted by Crippen LogP contribution is 2.26. The van der Waals surface area contributed by atoms with E-state index in [1.807, 2.05) is 25.5 Å². The first-order valence-electron chi connectivity index (χ1n) is 5.36. The van der Waals surface area contributed by atoms with Gasteiger partial charge in [0, 0.05) is 23.7 Å². The third-order valence-electron chi connectivity index (χ3n) is 2.96. The maximum atomic E-state index is 13.4. The molecule has 0 bridgehead atoms. The molecule has 0 spiro atoms. The zero-order valence-electron chi connectivity index (χ0n) is 9.66. The number of nitrogens with zero attached hydrogens (tertiary/aromatic N) is 3. The lowest BCUT2D eigenvalue weighted by Crippen LogP contribution is -2.03. The summed E-state index contributed by atoms with van der Waals surface area (Å²) in [4.78, 5) is 0. The Balaban J connectivity index is 2.38. The SMILES string of the molecule is CCn1ncc(C(C)c2[nH]ncc2F)c1C. The van der Waals surface area contributed by atoms with Crippen molar-refractivity contribution in [3.05, 3.63) is 35.2 Å². The second kappa shape index (κ2) is 4.08. The summed E-state index contributed by atoms with van der Waals surface area (Å²) in [5, 5.41) is 10.6. The summed E-state index contributed by atoms with van der Waals surface area (Å²) in [6.07, 6.45) is 3.00. The van der Waals surface area contributed by atoms with E-state index in [2.05, 4.69) is 15.3 Å². The van der Waals surface area contributed by atoms with E-state index in [1.165, 1.54) is 6.20 Å². The lowest BCUT2D eigenvalue weighted by Gasteiger charge is -2.09. The minimum Gasteiger partial charge on any atom is -0.279 e. The van der Waals surface area contributed by atoms with Crippen molar-refractivity contribution < 1.29 is 4.39 Å². The van der Waals surface area contributed by atoms with Crippen LogP contribution in [0.4, 0.5) is 4.39 Å². The fourth-order valence-corrected chi connectivity index (χ4v) is 1.95. The number of aryl methyl sites for hydroxylation is 1. The van der Waals surface area contributed by atoms with Gasteiger partial charge in [-0.3, -0.25) is 9.78 Å². The zero-order chi connectivity index (χ0) is 11.7. The van der Waals surface area contributed by atoms with Crippen molar-refractivity contribution in [3.63, 3.8) is 0 Å². The van der Waals surface area contributed by atoms with Crippen LogP contribution >= 0.6 is 0 Å². The first-order chi connectivity index (χ1) is 7.65. The molecule has 0 amide bonds. The van der Waals surface area contributed by atoms with E-state index in [1.54, 1.807) is 6.20 Å². The lowest BCUT2D eigenvalue weighted by atomic mass is 9.98. The van der Waals surface area contributed by atoms with E-state index in [9.17, 15) is 4.39 Å². The second-order valence-electron chi connectivity index (χ2n) is 3.85. The molecule has 16 heavy (non-hydrogen) atoms. The number of H-pyrrole nitrogens is 1. The van der Waals surface area contributed by atoms with Gasteiger partial charge >= 0.3 is 0 Å². The van der Waals surface area contributed by atoms with Gasteiger partial charge in [-0.15, -0.1) is 0 Å². The minimum absolute atomic E-state index is 0.0530. The Hall–Kier alpha value is -1.65. The minimum atomic E-state index is -0.295. The van der Waals surface area contributed by atoms with Gasteiger partial charge in [0.1, 0.15) is 0 Å². The molecule has 0 aliphatic carbocycles. The molecule has 0 saturated carbocycles. The Labute approximate surface area is 93.5 Å². The third-order valence-corrected chi connectivity index (χ3v) is 2.96. The first kappa shape index (κ1) is 10.9. The van der Waals surface area contributed by atoms with E-state index in [-0.39, 0.29) is 11.7 Å². The maximum absolute atomic E-state index is 13.4. The molecular formula is C11H15FN4. The Bertz CT molecular complexity index is 486. The average molecular weight is 222 g/mol. The molecule has 0 fully saturated rings. The van der Waals surface area contributed by atoms with Crippen molar-refractivity contribution in [1.29, 1.82) is 0 Å². The molecule has 2 rings (SSSR count). The quantitative estimate of drug-likeness (QED) is 0.865. The van der Waals surface area contributed by atoms with Gasteiger partial charge in [-0.05, 0) is 13.8 Å². The van der Waals surface area contributed by atoms with E-state index < -0.39 is 0 Å². The molecular weight excluding hydrogens is 207 g/mol. The van der Waals surface area contributed by atoms with Crippen LogP contribution in [0.5, 0.6) is 0 Å².